The van der Waals surface area contributed by atoms with Gasteiger partial charge in [0, 0.05) is 28.5 Å². The summed E-state index contributed by atoms with van der Waals surface area (Å²) in [5.74, 6) is 1.31. The van der Waals surface area contributed by atoms with Crippen LogP contribution in [-0.2, 0) is 0 Å². The highest BCUT2D eigenvalue weighted by Crippen LogP contribution is 2.37. The number of thioether (sulfide) groups is 1. The molecule has 1 saturated carbocycles. The van der Waals surface area contributed by atoms with Gasteiger partial charge in [-0.25, -0.2) is 0 Å². The third kappa shape index (κ3) is 3.37. The molecule has 1 aromatic rings. The zero-order valence-electron chi connectivity index (χ0n) is 10.9. The molecule has 3 nitrogen and oxygen atoms in total. The number of carbonyl (C=O) groups is 1. The summed E-state index contributed by atoms with van der Waals surface area (Å²) >= 11 is 5.47. The molecule has 3 rings (SSSR count). The summed E-state index contributed by atoms with van der Waals surface area (Å²) in [5.41, 5.74) is 0.801. The molecule has 1 aromatic heterocycles. The Hall–Kier alpha value is -0.420. The summed E-state index contributed by atoms with van der Waals surface area (Å²) in [7, 11) is 0. The van der Waals surface area contributed by atoms with Crippen molar-refractivity contribution in [2.24, 2.45) is 0 Å². The summed E-state index contributed by atoms with van der Waals surface area (Å²) < 4.78 is 3.12. The van der Waals surface area contributed by atoms with E-state index in [-0.39, 0.29) is 5.91 Å². The minimum absolute atomic E-state index is 0.0729. The lowest BCUT2D eigenvalue weighted by molar-refractivity contribution is 0.0944. The lowest BCUT2D eigenvalue weighted by atomic mass is 10.2. The van der Waals surface area contributed by atoms with Crippen molar-refractivity contribution < 1.29 is 4.79 Å². The number of aromatic nitrogens is 1. The van der Waals surface area contributed by atoms with Crippen LogP contribution in [0.25, 0.3) is 0 Å². The van der Waals surface area contributed by atoms with Crippen LogP contribution in [0.2, 0.25) is 0 Å². The minimum atomic E-state index is 0.0729. The molecule has 1 atom stereocenters. The summed E-state index contributed by atoms with van der Waals surface area (Å²) in [6.07, 6.45) is 8.28. The highest BCUT2D eigenvalue weighted by Gasteiger charge is 2.28. The first-order valence-electron chi connectivity index (χ1n) is 7.01. The van der Waals surface area contributed by atoms with E-state index in [1.165, 1.54) is 37.9 Å². The molecular formula is C14H19BrN2OS. The maximum atomic E-state index is 12.3. The van der Waals surface area contributed by atoms with Crippen molar-refractivity contribution in [3.8, 4) is 0 Å². The highest BCUT2D eigenvalue weighted by molar-refractivity contribution is 9.10. The van der Waals surface area contributed by atoms with Crippen LogP contribution in [0, 0.1) is 0 Å². The predicted octanol–water partition coefficient (Wildman–Crippen LogP) is 3.60. The van der Waals surface area contributed by atoms with E-state index in [4.69, 9.17) is 0 Å². The second kappa shape index (κ2) is 5.92. The van der Waals surface area contributed by atoms with Gasteiger partial charge in [0.1, 0.15) is 5.69 Å². The van der Waals surface area contributed by atoms with E-state index < -0.39 is 0 Å². The SMILES string of the molecule is O=C(NCC1CCCCS1)c1cc(Br)cn1C1CC1. The quantitative estimate of drug-likeness (QED) is 0.906. The van der Waals surface area contributed by atoms with E-state index in [9.17, 15) is 4.79 Å². The van der Waals surface area contributed by atoms with Crippen molar-refractivity contribution in [2.45, 2.75) is 43.4 Å². The molecule has 2 aliphatic rings. The van der Waals surface area contributed by atoms with Crippen molar-refractivity contribution in [1.29, 1.82) is 0 Å². The zero-order chi connectivity index (χ0) is 13.2. The van der Waals surface area contributed by atoms with Crippen LogP contribution in [0.3, 0.4) is 0 Å². The Morgan fingerprint density at radius 1 is 1.42 bits per heavy atom. The first kappa shape index (κ1) is 13.6. The van der Waals surface area contributed by atoms with Crippen LogP contribution in [0.1, 0.15) is 48.6 Å². The molecule has 2 heterocycles. The van der Waals surface area contributed by atoms with Crippen molar-refractivity contribution >= 4 is 33.6 Å². The number of hydrogen-bond acceptors (Lipinski definition) is 2. The van der Waals surface area contributed by atoms with Gasteiger partial charge in [-0.05, 0) is 53.4 Å². The molecule has 0 bridgehead atoms. The molecule has 1 aliphatic carbocycles. The Morgan fingerprint density at radius 3 is 2.95 bits per heavy atom. The van der Waals surface area contributed by atoms with Crippen LogP contribution >= 0.6 is 27.7 Å². The van der Waals surface area contributed by atoms with Gasteiger partial charge in [0.05, 0.1) is 0 Å². The predicted molar refractivity (Wildman–Crippen MR) is 82.8 cm³/mol. The second-order valence-electron chi connectivity index (χ2n) is 5.38. The molecule has 1 N–H and O–H groups in total. The van der Waals surface area contributed by atoms with Gasteiger partial charge in [0.25, 0.3) is 5.91 Å². The molecule has 1 aliphatic heterocycles. The summed E-state index contributed by atoms with van der Waals surface area (Å²) in [6.45, 7) is 0.803. The van der Waals surface area contributed by atoms with Gasteiger partial charge in [0.15, 0.2) is 0 Å². The van der Waals surface area contributed by atoms with E-state index in [0.29, 0.717) is 11.3 Å². The Kier molecular flexibility index (Phi) is 4.22. The van der Waals surface area contributed by atoms with Gasteiger partial charge in [0.2, 0.25) is 0 Å². The summed E-state index contributed by atoms with van der Waals surface area (Å²) in [4.78, 5) is 12.3. The van der Waals surface area contributed by atoms with E-state index in [1.54, 1.807) is 0 Å². The normalized spacial score (nSPS) is 23.3. The van der Waals surface area contributed by atoms with Crippen molar-refractivity contribution in [2.75, 3.05) is 12.3 Å². The van der Waals surface area contributed by atoms with Crippen LogP contribution in [0.5, 0.6) is 0 Å². The van der Waals surface area contributed by atoms with E-state index in [2.05, 4.69) is 25.8 Å². The second-order valence-corrected chi connectivity index (χ2v) is 7.70. The summed E-state index contributed by atoms with van der Waals surface area (Å²) in [6, 6.07) is 2.47. The Balaban J connectivity index is 1.60. The number of halogens is 1. The van der Waals surface area contributed by atoms with Crippen LogP contribution in [-0.4, -0.2) is 28.0 Å². The number of nitrogens with one attached hydrogen (secondary N) is 1. The van der Waals surface area contributed by atoms with Crippen LogP contribution < -0.4 is 5.32 Å². The molecule has 0 radical (unpaired) electrons. The molecule has 104 valence electrons. The number of amides is 1. The van der Waals surface area contributed by atoms with Gasteiger partial charge < -0.3 is 9.88 Å². The minimum Gasteiger partial charge on any atom is -0.350 e. The molecule has 1 saturated heterocycles. The Labute approximate surface area is 126 Å². The average molecular weight is 343 g/mol. The molecule has 1 amide bonds. The monoisotopic (exact) mass is 342 g/mol. The topological polar surface area (TPSA) is 34.0 Å². The standard InChI is InChI=1S/C14H19BrN2OS/c15-10-7-13(17(9-10)11-4-5-11)14(18)16-8-12-3-1-2-6-19-12/h7,9,11-12H,1-6,8H2,(H,16,18). The zero-order valence-corrected chi connectivity index (χ0v) is 13.3. The van der Waals surface area contributed by atoms with E-state index in [1.807, 2.05) is 24.0 Å². The fourth-order valence-corrected chi connectivity index (χ4v) is 4.22. The fraction of sp³-hybridized carbons (Fsp3) is 0.643. The van der Waals surface area contributed by atoms with E-state index >= 15 is 0 Å². The third-order valence-electron chi connectivity index (χ3n) is 3.75. The Bertz CT molecular complexity index is 464. The van der Waals surface area contributed by atoms with Crippen molar-refractivity contribution in [3.63, 3.8) is 0 Å². The molecule has 2 fully saturated rings. The lowest BCUT2D eigenvalue weighted by Gasteiger charge is -2.21. The molecule has 0 spiro atoms. The van der Waals surface area contributed by atoms with Crippen LogP contribution in [0.4, 0.5) is 0 Å². The van der Waals surface area contributed by atoms with E-state index in [0.717, 1.165) is 16.7 Å². The Morgan fingerprint density at radius 2 is 2.26 bits per heavy atom. The number of hydrogen-bond donors (Lipinski definition) is 1. The fourth-order valence-electron chi connectivity index (χ4n) is 2.55. The first-order chi connectivity index (χ1) is 9.24. The molecule has 1 unspecified atom stereocenters. The van der Waals surface area contributed by atoms with Crippen molar-refractivity contribution in [3.05, 3.63) is 22.4 Å². The van der Waals surface area contributed by atoms with Gasteiger partial charge in [-0.1, -0.05) is 6.42 Å². The number of nitrogens with zero attached hydrogens (tertiary/aromatic N) is 1. The highest BCUT2D eigenvalue weighted by atomic mass is 79.9. The number of rotatable bonds is 4. The largest absolute Gasteiger partial charge is 0.350 e. The molecular weight excluding hydrogens is 324 g/mol. The maximum Gasteiger partial charge on any atom is 0.267 e. The molecule has 0 aromatic carbocycles. The van der Waals surface area contributed by atoms with Gasteiger partial charge in [-0.2, -0.15) is 11.8 Å². The molecule has 19 heavy (non-hydrogen) atoms. The van der Waals surface area contributed by atoms with Crippen molar-refractivity contribution in [1.82, 2.24) is 9.88 Å². The summed E-state index contributed by atoms with van der Waals surface area (Å²) in [5, 5.41) is 3.71. The lowest BCUT2D eigenvalue weighted by Crippen LogP contribution is -2.33. The van der Waals surface area contributed by atoms with Crippen LogP contribution in [0.15, 0.2) is 16.7 Å². The smallest absolute Gasteiger partial charge is 0.267 e. The average Bonchev–Trinajstić information content (AvgIpc) is 3.20. The molecule has 5 heteroatoms. The van der Waals surface area contributed by atoms with Gasteiger partial charge in [-0.15, -0.1) is 0 Å². The third-order valence-corrected chi connectivity index (χ3v) is 5.58. The van der Waals surface area contributed by atoms with Gasteiger partial charge in [-0.3, -0.25) is 4.79 Å². The maximum absolute atomic E-state index is 12.3. The first-order valence-corrected chi connectivity index (χ1v) is 8.85. The van der Waals surface area contributed by atoms with Gasteiger partial charge >= 0.3 is 0 Å². The number of carbonyl (C=O) groups excluding carboxylic acids is 1.